The number of aliphatic hydroxyl groups excluding tert-OH is 6. The van der Waals surface area contributed by atoms with Crippen LogP contribution in [0.2, 0.25) is 0 Å². The van der Waals surface area contributed by atoms with Gasteiger partial charge in [-0.2, -0.15) is 0 Å². The third-order valence-electron chi connectivity index (χ3n) is 16.1. The van der Waals surface area contributed by atoms with Crippen molar-refractivity contribution in [1.82, 2.24) is 0 Å². The molecular formula is C75H150O6. The van der Waals surface area contributed by atoms with Crippen LogP contribution in [0, 0.1) is 35.5 Å². The second-order valence-corrected chi connectivity index (χ2v) is 25.0. The maximum atomic E-state index is 9.71. The molecule has 0 fully saturated rings. The molecule has 81 heavy (non-hydrogen) atoms. The Balaban J connectivity index is -0.000000209. The first-order chi connectivity index (χ1) is 38.1. The minimum atomic E-state index is -0.134. The van der Waals surface area contributed by atoms with Crippen LogP contribution in [0.25, 0.3) is 0 Å². The summed E-state index contributed by atoms with van der Waals surface area (Å²) in [5.74, 6) is 3.18. The lowest BCUT2D eigenvalue weighted by molar-refractivity contribution is 0.109. The van der Waals surface area contributed by atoms with Gasteiger partial charge in [0.15, 0.2) is 0 Å². The number of unbranched alkanes of at least 4 members (excludes halogenated alkanes) is 3. The SMILES string of the molecule is C/C=C(/CC)CC(C)CCC(O)C(C)C.C/C=C(/CC)CCCCC(C)O.C/C=C(\CC)CC(C)CCC(O)C(C)C.C/C=C(\CC)CCCCC(C)O.CCC(=CC(C)CCC(O)C(C)C)CC.CCC(=CCCCC(C)O)CC. The van der Waals surface area contributed by atoms with Crippen LogP contribution in [-0.2, 0) is 0 Å². The fourth-order valence-corrected chi connectivity index (χ4v) is 9.24. The molecule has 9 unspecified atom stereocenters. The van der Waals surface area contributed by atoms with Crippen LogP contribution in [0.4, 0.5) is 0 Å². The molecule has 0 rings (SSSR count). The van der Waals surface area contributed by atoms with E-state index in [2.05, 4.69) is 182 Å². The summed E-state index contributed by atoms with van der Waals surface area (Å²) >= 11 is 0. The van der Waals surface area contributed by atoms with E-state index in [1.165, 1.54) is 64.2 Å². The van der Waals surface area contributed by atoms with Crippen molar-refractivity contribution in [2.75, 3.05) is 0 Å². The van der Waals surface area contributed by atoms with Crippen molar-refractivity contribution in [2.24, 2.45) is 35.5 Å². The van der Waals surface area contributed by atoms with Crippen LogP contribution >= 0.6 is 0 Å². The lowest BCUT2D eigenvalue weighted by atomic mass is 9.92. The van der Waals surface area contributed by atoms with Crippen molar-refractivity contribution in [1.29, 1.82) is 0 Å². The normalized spacial score (nSPS) is 15.3. The van der Waals surface area contributed by atoms with Gasteiger partial charge < -0.3 is 30.6 Å². The van der Waals surface area contributed by atoms with Crippen molar-refractivity contribution in [3.05, 3.63) is 69.9 Å². The average molecular weight is 1150 g/mol. The van der Waals surface area contributed by atoms with Gasteiger partial charge in [0.25, 0.3) is 0 Å². The number of rotatable bonds is 39. The number of hydrogen-bond acceptors (Lipinski definition) is 6. The third kappa shape index (κ3) is 67.2. The zero-order valence-corrected chi connectivity index (χ0v) is 59.2. The Kier molecular flexibility index (Phi) is 71.6. The van der Waals surface area contributed by atoms with Crippen molar-refractivity contribution in [3.8, 4) is 0 Å². The number of aliphatic hydroxyl groups is 6. The van der Waals surface area contributed by atoms with Crippen LogP contribution in [0.5, 0.6) is 0 Å². The Morgan fingerprint density at radius 1 is 0.309 bits per heavy atom. The molecule has 6 N–H and O–H groups in total. The Morgan fingerprint density at radius 3 is 0.852 bits per heavy atom. The van der Waals surface area contributed by atoms with Crippen molar-refractivity contribution < 1.29 is 30.6 Å². The van der Waals surface area contributed by atoms with Gasteiger partial charge >= 0.3 is 0 Å². The molecule has 0 radical (unpaired) electrons. The van der Waals surface area contributed by atoms with Crippen LogP contribution < -0.4 is 0 Å². The molecule has 0 saturated heterocycles. The molecule has 0 spiro atoms. The predicted molar refractivity (Wildman–Crippen MR) is 366 cm³/mol. The fourth-order valence-electron chi connectivity index (χ4n) is 9.24. The van der Waals surface area contributed by atoms with Gasteiger partial charge in [-0.25, -0.2) is 0 Å². The number of allylic oxidation sites excluding steroid dienone is 12. The maximum Gasteiger partial charge on any atom is 0.0563 e. The Hall–Kier alpha value is -1.80. The van der Waals surface area contributed by atoms with E-state index in [0.29, 0.717) is 35.5 Å². The lowest BCUT2D eigenvalue weighted by Gasteiger charge is -2.18. The summed E-state index contributed by atoms with van der Waals surface area (Å²) < 4.78 is 0. The Morgan fingerprint density at radius 2 is 0.593 bits per heavy atom. The van der Waals surface area contributed by atoms with Crippen molar-refractivity contribution in [2.45, 2.75) is 376 Å². The van der Waals surface area contributed by atoms with E-state index in [-0.39, 0.29) is 36.6 Å². The molecule has 0 aliphatic heterocycles. The van der Waals surface area contributed by atoms with E-state index in [1.54, 1.807) is 33.4 Å². The second kappa shape index (κ2) is 64.2. The second-order valence-electron chi connectivity index (χ2n) is 25.0. The van der Waals surface area contributed by atoms with E-state index in [1.807, 2.05) is 20.8 Å². The van der Waals surface area contributed by atoms with Crippen LogP contribution in [0.15, 0.2) is 69.9 Å². The fraction of sp³-hybridized carbons (Fsp3) is 0.840. The molecule has 6 heteroatoms. The quantitative estimate of drug-likeness (QED) is 0.0269. The van der Waals surface area contributed by atoms with Gasteiger partial charge in [-0.15, -0.1) is 0 Å². The molecular weight excluding hydrogens is 997 g/mol. The molecule has 0 saturated carbocycles. The first kappa shape index (κ1) is 90.4. The summed E-state index contributed by atoms with van der Waals surface area (Å²) in [6.45, 7) is 51.0. The summed E-state index contributed by atoms with van der Waals surface area (Å²) in [5.41, 5.74) is 9.26. The highest BCUT2D eigenvalue weighted by molar-refractivity contribution is 5.04. The molecule has 0 aromatic rings. The van der Waals surface area contributed by atoms with Crippen molar-refractivity contribution in [3.63, 3.8) is 0 Å². The number of hydrogen-bond donors (Lipinski definition) is 6. The summed E-state index contributed by atoms with van der Waals surface area (Å²) in [5, 5.41) is 56.2. The van der Waals surface area contributed by atoms with Gasteiger partial charge in [0.1, 0.15) is 0 Å². The van der Waals surface area contributed by atoms with Crippen molar-refractivity contribution >= 4 is 0 Å². The first-order valence-electron chi connectivity index (χ1n) is 34.2. The predicted octanol–water partition coefficient (Wildman–Crippen LogP) is 22.3. The molecule has 0 aliphatic rings. The Bertz CT molecular complexity index is 1410. The topological polar surface area (TPSA) is 121 Å². The van der Waals surface area contributed by atoms with E-state index in [0.717, 1.165) is 109 Å². The summed E-state index contributed by atoms with van der Waals surface area (Å²) in [6.07, 6.45) is 42.9. The minimum Gasteiger partial charge on any atom is -0.393 e. The van der Waals surface area contributed by atoms with Gasteiger partial charge in [-0.05, 0) is 244 Å². The molecule has 486 valence electrons. The standard InChI is InChI=1S/3C14H28O.3C11H22O/c3*1-6-13(7-2)10-12(5)8-9-14(15)11(3)4;3*1-4-11(5-2)9-7-6-8-10(3)12/h10-12,14-15H,6-9H2,1-5H3;2*6,11-12,14-15H,7-10H2,1-5H3;9-10,12H,4-8H2,1-3H3;2*4,10,12H,5-9H2,1-3H3/b;13-6+;13-6-;;11-4+;11-4-. The maximum absolute atomic E-state index is 9.71. The van der Waals surface area contributed by atoms with Crippen LogP contribution in [-0.4, -0.2) is 67.3 Å². The average Bonchev–Trinajstić information content (AvgIpc) is 3.43. The monoisotopic (exact) mass is 1150 g/mol. The molecule has 9 atom stereocenters. The zero-order valence-electron chi connectivity index (χ0n) is 59.2. The van der Waals surface area contributed by atoms with Gasteiger partial charge in [0.2, 0.25) is 0 Å². The molecule has 0 amide bonds. The molecule has 0 aromatic carbocycles. The van der Waals surface area contributed by atoms with Gasteiger partial charge in [-0.1, -0.05) is 200 Å². The third-order valence-corrected chi connectivity index (χ3v) is 16.1. The summed E-state index contributed by atoms with van der Waals surface area (Å²) in [7, 11) is 0. The van der Waals surface area contributed by atoms with E-state index >= 15 is 0 Å². The molecule has 0 aliphatic carbocycles. The highest BCUT2D eigenvalue weighted by Gasteiger charge is 2.14. The zero-order chi connectivity index (χ0) is 63.7. The van der Waals surface area contributed by atoms with Crippen LogP contribution in [0.3, 0.4) is 0 Å². The first-order valence-corrected chi connectivity index (χ1v) is 34.2. The highest BCUT2D eigenvalue weighted by atomic mass is 16.3. The van der Waals surface area contributed by atoms with Gasteiger partial charge in [0.05, 0.1) is 36.6 Å². The summed E-state index contributed by atoms with van der Waals surface area (Å²) in [6, 6.07) is 0. The van der Waals surface area contributed by atoms with E-state index < -0.39 is 0 Å². The molecule has 0 aromatic heterocycles. The lowest BCUT2D eigenvalue weighted by Crippen LogP contribution is -2.15. The Labute approximate surface area is 509 Å². The smallest absolute Gasteiger partial charge is 0.0563 e. The van der Waals surface area contributed by atoms with Gasteiger partial charge in [-0.3, -0.25) is 0 Å². The molecule has 6 nitrogen and oxygen atoms in total. The van der Waals surface area contributed by atoms with Gasteiger partial charge in [0, 0.05) is 0 Å². The minimum absolute atomic E-state index is 0.122. The van der Waals surface area contributed by atoms with E-state index in [4.69, 9.17) is 15.3 Å². The molecule has 0 heterocycles. The summed E-state index contributed by atoms with van der Waals surface area (Å²) in [4.78, 5) is 0. The van der Waals surface area contributed by atoms with E-state index in [9.17, 15) is 15.3 Å². The highest BCUT2D eigenvalue weighted by Crippen LogP contribution is 2.23. The van der Waals surface area contributed by atoms with Crippen LogP contribution in [0.1, 0.15) is 340 Å². The molecule has 0 bridgehead atoms. The largest absolute Gasteiger partial charge is 0.393 e.